The second-order valence-electron chi connectivity index (χ2n) is 4.53. The van der Waals surface area contributed by atoms with Crippen LogP contribution in [-0.2, 0) is 0 Å². The maximum absolute atomic E-state index is 13.6. The summed E-state index contributed by atoms with van der Waals surface area (Å²) in [5, 5.41) is 8.88. The van der Waals surface area contributed by atoms with Crippen molar-refractivity contribution in [2.45, 2.75) is 31.3 Å². The summed E-state index contributed by atoms with van der Waals surface area (Å²) >= 11 is 0. The second kappa shape index (κ2) is 4.80. The standard InChI is InChI=1S/C14H15FO3/c1-2-14(7-3-4-8-14)18-12-9-10(13(16)17)5-6-11(12)15/h2,5-6,9H,1,3-4,7-8H2,(H,16,17). The normalized spacial score (nSPS) is 17.4. The van der Waals surface area contributed by atoms with Gasteiger partial charge in [-0.3, -0.25) is 0 Å². The van der Waals surface area contributed by atoms with Crippen LogP contribution < -0.4 is 4.74 Å². The highest BCUT2D eigenvalue weighted by Gasteiger charge is 2.33. The molecule has 1 aromatic carbocycles. The van der Waals surface area contributed by atoms with Crippen LogP contribution >= 0.6 is 0 Å². The van der Waals surface area contributed by atoms with Gasteiger partial charge in [0.05, 0.1) is 5.56 Å². The van der Waals surface area contributed by atoms with Crippen LogP contribution in [0.3, 0.4) is 0 Å². The van der Waals surface area contributed by atoms with Crippen molar-refractivity contribution in [3.05, 3.63) is 42.2 Å². The van der Waals surface area contributed by atoms with E-state index in [9.17, 15) is 9.18 Å². The monoisotopic (exact) mass is 250 g/mol. The molecule has 3 nitrogen and oxygen atoms in total. The fraction of sp³-hybridized carbons (Fsp3) is 0.357. The van der Waals surface area contributed by atoms with Gasteiger partial charge >= 0.3 is 5.97 Å². The van der Waals surface area contributed by atoms with Gasteiger partial charge in [0.15, 0.2) is 11.6 Å². The fourth-order valence-electron chi connectivity index (χ4n) is 2.25. The van der Waals surface area contributed by atoms with Gasteiger partial charge in [-0.25, -0.2) is 9.18 Å². The van der Waals surface area contributed by atoms with E-state index >= 15 is 0 Å². The van der Waals surface area contributed by atoms with Crippen LogP contribution in [0, 0.1) is 5.82 Å². The van der Waals surface area contributed by atoms with Crippen molar-refractivity contribution in [1.29, 1.82) is 0 Å². The molecule has 0 spiro atoms. The van der Waals surface area contributed by atoms with Gasteiger partial charge in [0, 0.05) is 0 Å². The molecule has 0 aromatic heterocycles. The lowest BCUT2D eigenvalue weighted by Gasteiger charge is -2.26. The molecule has 0 aliphatic heterocycles. The highest BCUT2D eigenvalue weighted by Crippen LogP contribution is 2.36. The van der Waals surface area contributed by atoms with Crippen LogP contribution in [0.25, 0.3) is 0 Å². The highest BCUT2D eigenvalue weighted by atomic mass is 19.1. The summed E-state index contributed by atoms with van der Waals surface area (Å²) in [6.45, 7) is 3.73. The molecule has 0 heterocycles. The maximum Gasteiger partial charge on any atom is 0.335 e. The molecule has 1 saturated carbocycles. The van der Waals surface area contributed by atoms with Crippen molar-refractivity contribution in [2.75, 3.05) is 0 Å². The third-order valence-corrected chi connectivity index (χ3v) is 3.31. The lowest BCUT2D eigenvalue weighted by Crippen LogP contribution is -2.30. The predicted octanol–water partition coefficient (Wildman–Crippen LogP) is 3.40. The molecule has 1 N–H and O–H groups in total. The molecule has 4 heteroatoms. The Balaban J connectivity index is 2.30. The Labute approximate surface area is 105 Å². The molecule has 2 rings (SSSR count). The molecule has 18 heavy (non-hydrogen) atoms. The van der Waals surface area contributed by atoms with Crippen LogP contribution in [0.2, 0.25) is 0 Å². The minimum atomic E-state index is -1.10. The van der Waals surface area contributed by atoms with Gasteiger partial charge in [0.25, 0.3) is 0 Å². The van der Waals surface area contributed by atoms with Gasteiger partial charge < -0.3 is 9.84 Å². The Morgan fingerprint density at radius 2 is 2.11 bits per heavy atom. The van der Waals surface area contributed by atoms with Crippen LogP contribution in [-0.4, -0.2) is 16.7 Å². The molecule has 0 amide bonds. The number of aromatic carboxylic acids is 1. The van der Waals surface area contributed by atoms with Crippen molar-refractivity contribution in [2.24, 2.45) is 0 Å². The van der Waals surface area contributed by atoms with E-state index in [1.807, 2.05) is 0 Å². The Morgan fingerprint density at radius 1 is 1.44 bits per heavy atom. The minimum absolute atomic E-state index is 0.0169. The van der Waals surface area contributed by atoms with E-state index in [-0.39, 0.29) is 11.3 Å². The van der Waals surface area contributed by atoms with Gasteiger partial charge in [0.1, 0.15) is 5.60 Å². The number of carboxylic acids is 1. The Bertz CT molecular complexity index is 476. The van der Waals surface area contributed by atoms with E-state index in [2.05, 4.69) is 6.58 Å². The van der Waals surface area contributed by atoms with Gasteiger partial charge in [0.2, 0.25) is 0 Å². The topological polar surface area (TPSA) is 46.5 Å². The number of carboxylic acid groups (broad SMARTS) is 1. The first kappa shape index (κ1) is 12.6. The molecular weight excluding hydrogens is 235 g/mol. The Kier molecular flexibility index (Phi) is 3.36. The number of hydrogen-bond donors (Lipinski definition) is 1. The Hall–Kier alpha value is -1.84. The van der Waals surface area contributed by atoms with Crippen molar-refractivity contribution in [3.8, 4) is 5.75 Å². The quantitative estimate of drug-likeness (QED) is 0.833. The van der Waals surface area contributed by atoms with Crippen molar-refractivity contribution in [1.82, 2.24) is 0 Å². The SMILES string of the molecule is C=CC1(Oc2cc(C(=O)O)ccc2F)CCCC1. The average molecular weight is 250 g/mol. The van der Waals surface area contributed by atoms with Crippen molar-refractivity contribution >= 4 is 5.97 Å². The molecule has 1 aliphatic carbocycles. The number of carbonyl (C=O) groups is 1. The van der Waals surface area contributed by atoms with Gasteiger partial charge in [-0.15, -0.1) is 0 Å². The summed E-state index contributed by atoms with van der Waals surface area (Å²) in [6.07, 6.45) is 5.27. The van der Waals surface area contributed by atoms with Gasteiger partial charge in [-0.05, 0) is 50.0 Å². The third-order valence-electron chi connectivity index (χ3n) is 3.31. The summed E-state index contributed by atoms with van der Waals surface area (Å²) in [4.78, 5) is 10.9. The largest absolute Gasteiger partial charge is 0.480 e. The lowest BCUT2D eigenvalue weighted by atomic mass is 10.0. The van der Waals surface area contributed by atoms with E-state index in [0.29, 0.717) is 0 Å². The number of rotatable bonds is 4. The first-order valence-electron chi connectivity index (χ1n) is 5.92. The third kappa shape index (κ3) is 2.37. The molecule has 0 saturated heterocycles. The molecule has 1 aliphatic rings. The van der Waals surface area contributed by atoms with E-state index in [1.54, 1.807) is 6.08 Å². The number of hydrogen-bond acceptors (Lipinski definition) is 2. The second-order valence-corrected chi connectivity index (χ2v) is 4.53. The lowest BCUT2D eigenvalue weighted by molar-refractivity contribution is 0.0694. The summed E-state index contributed by atoms with van der Waals surface area (Å²) in [5.41, 5.74) is -0.540. The van der Waals surface area contributed by atoms with Crippen molar-refractivity contribution in [3.63, 3.8) is 0 Å². The fourth-order valence-corrected chi connectivity index (χ4v) is 2.25. The molecule has 0 unspecified atom stereocenters. The molecule has 1 fully saturated rings. The predicted molar refractivity (Wildman–Crippen MR) is 65.4 cm³/mol. The zero-order valence-electron chi connectivity index (χ0n) is 9.99. The summed E-state index contributed by atoms with van der Waals surface area (Å²) < 4.78 is 19.3. The number of benzene rings is 1. The smallest absolute Gasteiger partial charge is 0.335 e. The maximum atomic E-state index is 13.6. The molecule has 0 atom stereocenters. The molecule has 0 bridgehead atoms. The molecule has 1 aromatic rings. The average Bonchev–Trinajstić information content (AvgIpc) is 2.81. The Morgan fingerprint density at radius 3 is 2.67 bits per heavy atom. The van der Waals surface area contributed by atoms with Crippen LogP contribution in [0.5, 0.6) is 5.75 Å². The first-order valence-corrected chi connectivity index (χ1v) is 5.92. The highest BCUT2D eigenvalue weighted by molar-refractivity contribution is 5.88. The number of halogens is 1. The van der Waals surface area contributed by atoms with E-state index in [0.717, 1.165) is 31.7 Å². The molecular formula is C14H15FO3. The van der Waals surface area contributed by atoms with Crippen LogP contribution in [0.4, 0.5) is 4.39 Å². The number of ether oxygens (including phenoxy) is 1. The summed E-state index contributed by atoms with van der Waals surface area (Å²) in [5.74, 6) is -1.66. The summed E-state index contributed by atoms with van der Waals surface area (Å²) in [6, 6.07) is 3.56. The van der Waals surface area contributed by atoms with Crippen LogP contribution in [0.1, 0.15) is 36.0 Å². The zero-order chi connectivity index (χ0) is 13.2. The molecule has 0 radical (unpaired) electrons. The van der Waals surface area contributed by atoms with E-state index < -0.39 is 17.4 Å². The van der Waals surface area contributed by atoms with Crippen molar-refractivity contribution < 1.29 is 19.0 Å². The first-order chi connectivity index (χ1) is 8.56. The minimum Gasteiger partial charge on any atom is -0.480 e. The van der Waals surface area contributed by atoms with Gasteiger partial charge in [-0.1, -0.05) is 6.58 Å². The van der Waals surface area contributed by atoms with Crippen LogP contribution in [0.15, 0.2) is 30.9 Å². The van der Waals surface area contributed by atoms with E-state index in [1.165, 1.54) is 12.1 Å². The zero-order valence-corrected chi connectivity index (χ0v) is 9.99. The molecule has 96 valence electrons. The van der Waals surface area contributed by atoms with E-state index in [4.69, 9.17) is 9.84 Å². The van der Waals surface area contributed by atoms with Gasteiger partial charge in [-0.2, -0.15) is 0 Å². The summed E-state index contributed by atoms with van der Waals surface area (Å²) in [7, 11) is 0.